The minimum atomic E-state index is -0.516. The van der Waals surface area contributed by atoms with E-state index in [-0.39, 0.29) is 11.7 Å². The molecule has 4 heteroatoms. The number of carbonyl (C=O) groups excluding carboxylic acids is 1. The Morgan fingerprint density at radius 1 is 1.15 bits per heavy atom. The summed E-state index contributed by atoms with van der Waals surface area (Å²) in [6.45, 7) is 0. The maximum atomic E-state index is 13.0. The topological polar surface area (TPSA) is 55.1 Å². The Kier molecular flexibility index (Phi) is 2.93. The molecule has 1 saturated carbocycles. The van der Waals surface area contributed by atoms with Crippen molar-refractivity contribution >= 4 is 17.3 Å². The van der Waals surface area contributed by atoms with E-state index in [0.717, 1.165) is 18.4 Å². The number of benzene rings is 2. The van der Waals surface area contributed by atoms with Gasteiger partial charge in [-0.2, -0.15) is 0 Å². The molecule has 102 valence electrons. The summed E-state index contributed by atoms with van der Waals surface area (Å²) in [6, 6.07) is 13.2. The zero-order valence-corrected chi connectivity index (χ0v) is 10.9. The second-order valence-electron chi connectivity index (χ2n) is 5.17. The molecule has 0 spiro atoms. The summed E-state index contributed by atoms with van der Waals surface area (Å²) in [5, 5.41) is 2.89. The Labute approximate surface area is 116 Å². The fraction of sp³-hybridized carbons (Fsp3) is 0.188. The smallest absolute Gasteiger partial charge is 0.235 e. The van der Waals surface area contributed by atoms with E-state index >= 15 is 0 Å². The van der Waals surface area contributed by atoms with E-state index in [9.17, 15) is 9.18 Å². The van der Waals surface area contributed by atoms with Crippen molar-refractivity contribution in [1.29, 1.82) is 0 Å². The van der Waals surface area contributed by atoms with Crippen LogP contribution in [0.1, 0.15) is 18.4 Å². The molecule has 0 radical (unpaired) electrons. The van der Waals surface area contributed by atoms with Crippen LogP contribution in [0.5, 0.6) is 0 Å². The van der Waals surface area contributed by atoms with E-state index < -0.39 is 5.41 Å². The highest BCUT2D eigenvalue weighted by atomic mass is 19.1. The molecule has 0 bridgehead atoms. The van der Waals surface area contributed by atoms with Crippen LogP contribution in [0.3, 0.4) is 0 Å². The van der Waals surface area contributed by atoms with E-state index in [1.807, 2.05) is 0 Å². The minimum Gasteiger partial charge on any atom is -0.399 e. The highest BCUT2D eigenvalue weighted by Crippen LogP contribution is 2.49. The third-order valence-electron chi connectivity index (χ3n) is 3.73. The van der Waals surface area contributed by atoms with Gasteiger partial charge in [-0.1, -0.05) is 18.2 Å². The Bertz CT molecular complexity index is 648. The zero-order valence-electron chi connectivity index (χ0n) is 10.9. The molecular weight excluding hydrogens is 255 g/mol. The van der Waals surface area contributed by atoms with Crippen LogP contribution in [0, 0.1) is 5.82 Å². The summed E-state index contributed by atoms with van der Waals surface area (Å²) in [7, 11) is 0. The van der Waals surface area contributed by atoms with Gasteiger partial charge >= 0.3 is 0 Å². The van der Waals surface area contributed by atoms with Crippen molar-refractivity contribution in [2.45, 2.75) is 18.3 Å². The van der Waals surface area contributed by atoms with Crippen molar-refractivity contribution in [2.75, 3.05) is 11.1 Å². The highest BCUT2D eigenvalue weighted by Gasteiger charge is 2.51. The predicted octanol–water partition coefficient (Wildman–Crippen LogP) is 3.08. The third-order valence-corrected chi connectivity index (χ3v) is 3.73. The van der Waals surface area contributed by atoms with Crippen molar-refractivity contribution < 1.29 is 9.18 Å². The fourth-order valence-corrected chi connectivity index (χ4v) is 2.41. The summed E-state index contributed by atoms with van der Waals surface area (Å²) in [6.07, 6.45) is 1.57. The van der Waals surface area contributed by atoms with Gasteiger partial charge in [-0.05, 0) is 48.7 Å². The van der Waals surface area contributed by atoms with Gasteiger partial charge in [0, 0.05) is 11.4 Å². The normalized spacial score (nSPS) is 15.7. The van der Waals surface area contributed by atoms with Crippen LogP contribution in [-0.2, 0) is 10.2 Å². The SMILES string of the molecule is Nc1cccc(NC(=O)C2(c3ccc(F)cc3)CC2)c1. The maximum Gasteiger partial charge on any atom is 0.235 e. The number of halogens is 1. The zero-order chi connectivity index (χ0) is 14.2. The molecule has 3 rings (SSSR count). The summed E-state index contributed by atoms with van der Waals surface area (Å²) in [5.41, 5.74) is 7.33. The Morgan fingerprint density at radius 3 is 2.45 bits per heavy atom. The van der Waals surface area contributed by atoms with Crippen LogP contribution in [0.15, 0.2) is 48.5 Å². The highest BCUT2D eigenvalue weighted by molar-refractivity contribution is 6.01. The standard InChI is InChI=1S/C16H15FN2O/c17-12-6-4-11(5-7-12)16(8-9-16)15(20)19-14-3-1-2-13(18)10-14/h1-7,10H,8-9,18H2,(H,19,20). The van der Waals surface area contributed by atoms with Gasteiger partial charge in [0.1, 0.15) is 5.82 Å². The number of hydrogen-bond donors (Lipinski definition) is 2. The van der Waals surface area contributed by atoms with Crippen molar-refractivity contribution in [2.24, 2.45) is 0 Å². The van der Waals surface area contributed by atoms with Gasteiger partial charge in [0.2, 0.25) is 5.91 Å². The lowest BCUT2D eigenvalue weighted by molar-refractivity contribution is -0.118. The first kappa shape index (κ1) is 12.7. The van der Waals surface area contributed by atoms with Crippen molar-refractivity contribution in [3.63, 3.8) is 0 Å². The molecule has 0 atom stereocenters. The summed E-state index contributed by atoms with van der Waals surface area (Å²) < 4.78 is 13.0. The lowest BCUT2D eigenvalue weighted by atomic mass is 9.95. The number of nitrogens with one attached hydrogen (secondary N) is 1. The quantitative estimate of drug-likeness (QED) is 0.842. The first-order chi connectivity index (χ1) is 9.60. The van der Waals surface area contributed by atoms with Crippen LogP contribution in [-0.4, -0.2) is 5.91 Å². The monoisotopic (exact) mass is 270 g/mol. The van der Waals surface area contributed by atoms with E-state index in [1.54, 1.807) is 36.4 Å². The summed E-state index contributed by atoms with van der Waals surface area (Å²) >= 11 is 0. The number of nitrogen functional groups attached to an aromatic ring is 1. The number of hydrogen-bond acceptors (Lipinski definition) is 2. The van der Waals surface area contributed by atoms with Gasteiger partial charge in [-0.15, -0.1) is 0 Å². The van der Waals surface area contributed by atoms with Crippen molar-refractivity contribution in [1.82, 2.24) is 0 Å². The fourth-order valence-electron chi connectivity index (χ4n) is 2.41. The largest absolute Gasteiger partial charge is 0.399 e. The third kappa shape index (κ3) is 2.25. The van der Waals surface area contributed by atoms with Gasteiger partial charge < -0.3 is 11.1 Å². The second kappa shape index (κ2) is 4.63. The molecule has 2 aromatic carbocycles. The number of anilines is 2. The number of carbonyl (C=O) groups is 1. The van der Waals surface area contributed by atoms with Gasteiger partial charge in [-0.3, -0.25) is 4.79 Å². The van der Waals surface area contributed by atoms with E-state index in [0.29, 0.717) is 11.4 Å². The van der Waals surface area contributed by atoms with Gasteiger partial charge in [0.15, 0.2) is 0 Å². The van der Waals surface area contributed by atoms with Gasteiger partial charge in [-0.25, -0.2) is 4.39 Å². The van der Waals surface area contributed by atoms with Crippen LogP contribution in [0.25, 0.3) is 0 Å². The molecule has 1 aliphatic rings. The lowest BCUT2D eigenvalue weighted by Gasteiger charge is -2.16. The van der Waals surface area contributed by atoms with Gasteiger partial charge in [0.05, 0.1) is 5.41 Å². The average molecular weight is 270 g/mol. The molecule has 1 fully saturated rings. The van der Waals surface area contributed by atoms with Crippen molar-refractivity contribution in [3.8, 4) is 0 Å². The molecule has 1 aliphatic carbocycles. The van der Waals surface area contributed by atoms with Gasteiger partial charge in [0.25, 0.3) is 0 Å². The Morgan fingerprint density at radius 2 is 1.85 bits per heavy atom. The van der Waals surface area contributed by atoms with Crippen molar-refractivity contribution in [3.05, 3.63) is 59.9 Å². The first-order valence-corrected chi connectivity index (χ1v) is 6.53. The number of amides is 1. The molecule has 3 nitrogen and oxygen atoms in total. The Balaban J connectivity index is 1.81. The first-order valence-electron chi connectivity index (χ1n) is 6.53. The molecule has 0 saturated heterocycles. The van der Waals surface area contributed by atoms with E-state index in [1.165, 1.54) is 12.1 Å². The number of rotatable bonds is 3. The minimum absolute atomic E-state index is 0.0605. The molecule has 20 heavy (non-hydrogen) atoms. The van der Waals surface area contributed by atoms with Crippen LogP contribution in [0.2, 0.25) is 0 Å². The summed E-state index contributed by atoms with van der Waals surface area (Å²) in [5.74, 6) is -0.351. The molecular formula is C16H15FN2O. The molecule has 0 aliphatic heterocycles. The molecule has 3 N–H and O–H groups in total. The van der Waals surface area contributed by atoms with Crippen LogP contribution < -0.4 is 11.1 Å². The predicted molar refractivity (Wildman–Crippen MR) is 76.8 cm³/mol. The lowest BCUT2D eigenvalue weighted by Crippen LogP contribution is -2.27. The number of nitrogens with two attached hydrogens (primary N) is 1. The summed E-state index contributed by atoms with van der Waals surface area (Å²) in [4.78, 5) is 12.4. The van der Waals surface area contributed by atoms with Crippen LogP contribution in [0.4, 0.5) is 15.8 Å². The molecule has 1 amide bonds. The Hall–Kier alpha value is -2.36. The maximum absolute atomic E-state index is 13.0. The van der Waals surface area contributed by atoms with Crippen LogP contribution >= 0.6 is 0 Å². The second-order valence-corrected chi connectivity index (χ2v) is 5.17. The molecule has 0 heterocycles. The average Bonchev–Trinajstić information content (AvgIpc) is 3.21. The molecule has 0 unspecified atom stereocenters. The molecule has 0 aromatic heterocycles. The molecule has 2 aromatic rings. The van der Waals surface area contributed by atoms with E-state index in [2.05, 4.69) is 5.32 Å². The van der Waals surface area contributed by atoms with E-state index in [4.69, 9.17) is 5.73 Å².